The van der Waals surface area contributed by atoms with Crippen molar-refractivity contribution in [2.75, 3.05) is 0 Å². The lowest BCUT2D eigenvalue weighted by molar-refractivity contribution is 0.278. The van der Waals surface area contributed by atoms with Crippen LogP contribution in [0.2, 0.25) is 5.02 Å². The Bertz CT molecular complexity index is 1400. The molecule has 3 heterocycles. The fourth-order valence-electron chi connectivity index (χ4n) is 3.70. The number of H-pyrrole nitrogens is 1. The highest BCUT2D eigenvalue weighted by Crippen LogP contribution is 2.40. The predicted molar refractivity (Wildman–Crippen MR) is 129 cm³/mol. The number of benzene rings is 2. The number of halogens is 1. The minimum Gasteiger partial charge on any atom is -0.432 e. The number of aliphatic hydroxyl groups excluding tert-OH is 1. The Morgan fingerprint density at radius 1 is 1.15 bits per heavy atom. The largest absolute Gasteiger partial charge is 0.432 e. The molecular weight excluding hydrogens is 458 g/mol. The Hall–Kier alpha value is -3.13. The lowest BCUT2D eigenvalue weighted by Gasteiger charge is -2.22. The molecule has 5 rings (SSSR count). The molecule has 0 radical (unpaired) electrons. The molecule has 6 nitrogen and oxygen atoms in total. The monoisotopic (exact) mass is 477 g/mol. The number of nitrogens with one attached hydrogen (secondary N) is 1. The predicted octanol–water partition coefficient (Wildman–Crippen LogP) is 5.27. The lowest BCUT2D eigenvalue weighted by atomic mass is 10.0. The first-order chi connectivity index (χ1) is 16.0. The normalized spacial score (nSPS) is 12.1. The fourth-order valence-corrected chi connectivity index (χ4v) is 4.87. The van der Waals surface area contributed by atoms with Crippen LogP contribution in [0.4, 0.5) is 0 Å². The Morgan fingerprint density at radius 2 is 1.97 bits per heavy atom. The van der Waals surface area contributed by atoms with Crippen molar-refractivity contribution >= 4 is 23.4 Å². The summed E-state index contributed by atoms with van der Waals surface area (Å²) < 4.78 is 6.00. The highest BCUT2D eigenvalue weighted by Gasteiger charge is 2.28. The zero-order chi connectivity index (χ0) is 22.9. The second kappa shape index (κ2) is 9.02. The molecule has 0 unspecified atom stereocenters. The number of aryl methyl sites for hydroxylation is 1. The second-order valence-corrected chi connectivity index (χ2v) is 9.21. The number of aromatic nitrogens is 3. The maximum atomic E-state index is 12.4. The van der Waals surface area contributed by atoms with Gasteiger partial charge in [-0.25, -0.2) is 4.98 Å². The van der Waals surface area contributed by atoms with Gasteiger partial charge in [-0.3, -0.25) is 4.79 Å². The van der Waals surface area contributed by atoms with E-state index in [4.69, 9.17) is 21.3 Å². The fraction of sp³-hybridized carbons (Fsp3) is 0.160. The molecular formula is C25H20ClN3O3S. The first kappa shape index (κ1) is 21.7. The van der Waals surface area contributed by atoms with Gasteiger partial charge in [0.05, 0.1) is 12.2 Å². The van der Waals surface area contributed by atoms with Crippen molar-refractivity contribution in [2.24, 2.45) is 0 Å². The van der Waals surface area contributed by atoms with E-state index in [9.17, 15) is 9.90 Å². The molecule has 0 aliphatic carbocycles. The van der Waals surface area contributed by atoms with Crippen LogP contribution in [0.5, 0.6) is 11.6 Å². The smallest absolute Gasteiger partial charge is 0.291 e. The van der Waals surface area contributed by atoms with E-state index in [1.54, 1.807) is 23.9 Å². The molecule has 0 amide bonds. The van der Waals surface area contributed by atoms with Gasteiger partial charge in [-0.05, 0) is 24.6 Å². The summed E-state index contributed by atoms with van der Waals surface area (Å²) in [7, 11) is 0. The molecule has 2 aromatic heterocycles. The van der Waals surface area contributed by atoms with E-state index in [-0.39, 0.29) is 17.9 Å². The molecule has 0 bridgehead atoms. The van der Waals surface area contributed by atoms with E-state index in [0.29, 0.717) is 40.0 Å². The van der Waals surface area contributed by atoms with E-state index < -0.39 is 0 Å². The average Bonchev–Trinajstić information content (AvgIpc) is 2.83. The third kappa shape index (κ3) is 4.39. The molecule has 0 atom stereocenters. The summed E-state index contributed by atoms with van der Waals surface area (Å²) in [5, 5.41) is 11.1. The van der Waals surface area contributed by atoms with Crippen molar-refractivity contribution in [2.45, 2.75) is 30.7 Å². The van der Waals surface area contributed by atoms with Gasteiger partial charge in [0.1, 0.15) is 5.03 Å². The molecule has 1 aliphatic heterocycles. The van der Waals surface area contributed by atoms with Gasteiger partial charge < -0.3 is 14.8 Å². The first-order valence-electron chi connectivity index (χ1n) is 10.4. The molecule has 0 fully saturated rings. The molecule has 166 valence electrons. The third-order valence-electron chi connectivity index (χ3n) is 5.48. The van der Waals surface area contributed by atoms with Gasteiger partial charge in [-0.15, -0.1) is 11.8 Å². The molecule has 0 spiro atoms. The number of thioether (sulfide) groups is 1. The minimum atomic E-state index is -0.357. The van der Waals surface area contributed by atoms with Gasteiger partial charge in [0, 0.05) is 40.1 Å². The summed E-state index contributed by atoms with van der Waals surface area (Å²) in [6.45, 7) is 1.86. The summed E-state index contributed by atoms with van der Waals surface area (Å²) in [4.78, 5) is 24.5. The summed E-state index contributed by atoms with van der Waals surface area (Å²) in [6, 6.07) is 15.7. The van der Waals surface area contributed by atoms with Crippen LogP contribution in [0, 0.1) is 6.92 Å². The van der Waals surface area contributed by atoms with Gasteiger partial charge >= 0.3 is 0 Å². The van der Waals surface area contributed by atoms with Crippen LogP contribution in [0.3, 0.4) is 0 Å². The van der Waals surface area contributed by atoms with E-state index in [1.165, 1.54) is 17.3 Å². The van der Waals surface area contributed by atoms with Gasteiger partial charge in [-0.2, -0.15) is 4.98 Å². The highest BCUT2D eigenvalue weighted by molar-refractivity contribution is 7.98. The van der Waals surface area contributed by atoms with Crippen molar-refractivity contribution < 1.29 is 9.84 Å². The maximum absolute atomic E-state index is 12.4. The standard InChI is InChI=1S/C25H20ClN3O3S/c1-14-5-7-15(8-6-14)13-33-25-20-10-19-17(12-30)11-27-23(31)21(19)32-24(20)28-22(29-25)16-3-2-4-18(26)9-16/h2-9,11,30H,10,12-13H2,1H3,(H,27,31). The molecule has 4 aromatic rings. The first-order valence-corrected chi connectivity index (χ1v) is 11.8. The van der Waals surface area contributed by atoms with Crippen molar-refractivity contribution in [1.29, 1.82) is 0 Å². The molecule has 0 saturated carbocycles. The van der Waals surface area contributed by atoms with Crippen LogP contribution in [0.1, 0.15) is 27.8 Å². The number of nitrogens with zero attached hydrogens (tertiary/aromatic N) is 2. The zero-order valence-corrected chi connectivity index (χ0v) is 19.3. The third-order valence-corrected chi connectivity index (χ3v) is 6.80. The van der Waals surface area contributed by atoms with E-state index in [1.807, 2.05) is 12.1 Å². The van der Waals surface area contributed by atoms with Crippen LogP contribution in [-0.4, -0.2) is 20.1 Å². The van der Waals surface area contributed by atoms with Crippen LogP contribution in [0.15, 0.2) is 64.5 Å². The van der Waals surface area contributed by atoms with Crippen molar-refractivity contribution in [3.8, 4) is 23.0 Å². The SMILES string of the molecule is Cc1ccc(CSc2nc(-c3cccc(Cl)c3)nc3c2Cc2c(CO)c[nH]c(=O)c2O3)cc1. The van der Waals surface area contributed by atoms with Crippen LogP contribution in [-0.2, 0) is 18.8 Å². The second-order valence-electron chi connectivity index (χ2n) is 7.81. The van der Waals surface area contributed by atoms with Crippen LogP contribution in [0.25, 0.3) is 11.4 Å². The number of fused-ring (bicyclic) bond motifs is 2. The van der Waals surface area contributed by atoms with Gasteiger partial charge in [0.25, 0.3) is 5.56 Å². The maximum Gasteiger partial charge on any atom is 0.291 e. The molecule has 2 N–H and O–H groups in total. The number of rotatable bonds is 5. The van der Waals surface area contributed by atoms with Crippen LogP contribution >= 0.6 is 23.4 Å². The van der Waals surface area contributed by atoms with Crippen molar-refractivity contribution in [3.63, 3.8) is 0 Å². The minimum absolute atomic E-state index is 0.166. The van der Waals surface area contributed by atoms with Gasteiger partial charge in [-0.1, -0.05) is 53.6 Å². The van der Waals surface area contributed by atoms with E-state index in [2.05, 4.69) is 41.2 Å². The summed E-state index contributed by atoms with van der Waals surface area (Å²) in [5.74, 6) is 1.70. The molecule has 2 aromatic carbocycles. The van der Waals surface area contributed by atoms with Crippen molar-refractivity contribution in [3.05, 3.63) is 97.9 Å². The Morgan fingerprint density at radius 3 is 2.73 bits per heavy atom. The average molecular weight is 478 g/mol. The van der Waals surface area contributed by atoms with E-state index in [0.717, 1.165) is 16.2 Å². The number of pyridine rings is 1. The number of hydrogen-bond acceptors (Lipinski definition) is 6. The highest BCUT2D eigenvalue weighted by atomic mass is 35.5. The van der Waals surface area contributed by atoms with Crippen molar-refractivity contribution in [1.82, 2.24) is 15.0 Å². The van der Waals surface area contributed by atoms with Gasteiger partial charge in [0.2, 0.25) is 5.88 Å². The van der Waals surface area contributed by atoms with Crippen LogP contribution < -0.4 is 10.3 Å². The summed E-state index contributed by atoms with van der Waals surface area (Å²) in [6.07, 6.45) is 1.92. The molecule has 8 heteroatoms. The van der Waals surface area contributed by atoms with Gasteiger partial charge in [0.15, 0.2) is 11.6 Å². The Labute approximate surface area is 199 Å². The zero-order valence-electron chi connectivity index (χ0n) is 17.8. The quantitative estimate of drug-likeness (QED) is 0.264. The number of aliphatic hydroxyl groups is 1. The summed E-state index contributed by atoms with van der Waals surface area (Å²) in [5.41, 5.74) is 4.85. The molecule has 0 saturated heterocycles. The topological polar surface area (TPSA) is 88.1 Å². The summed E-state index contributed by atoms with van der Waals surface area (Å²) >= 11 is 7.78. The Kier molecular flexibility index (Phi) is 5.93. The molecule has 33 heavy (non-hydrogen) atoms. The Balaban J connectivity index is 1.60. The number of ether oxygens (including phenoxy) is 1. The number of aromatic amines is 1. The molecule has 1 aliphatic rings. The number of hydrogen-bond donors (Lipinski definition) is 2. The van der Waals surface area contributed by atoms with E-state index >= 15 is 0 Å². The lowest BCUT2D eigenvalue weighted by Crippen LogP contribution is -2.19.